The topological polar surface area (TPSA) is 75.4 Å². The zero-order valence-electron chi connectivity index (χ0n) is 13.6. The van der Waals surface area contributed by atoms with E-state index in [9.17, 15) is 9.59 Å². The summed E-state index contributed by atoms with van der Waals surface area (Å²) in [6.45, 7) is 4.85. The summed E-state index contributed by atoms with van der Waals surface area (Å²) in [7, 11) is 0. The molecule has 1 aromatic carbocycles. The fraction of sp³-hybridized carbons (Fsp3) is 0.529. The van der Waals surface area contributed by atoms with Crippen molar-refractivity contribution in [2.45, 2.75) is 38.8 Å². The number of carbonyl (C=O) groups is 2. The maximum Gasteiger partial charge on any atom is 0.225 e. The van der Waals surface area contributed by atoms with Crippen molar-refractivity contribution in [2.24, 2.45) is 11.7 Å². The van der Waals surface area contributed by atoms with E-state index in [1.54, 1.807) is 0 Å². The van der Waals surface area contributed by atoms with E-state index in [-0.39, 0.29) is 30.3 Å². The van der Waals surface area contributed by atoms with E-state index in [0.29, 0.717) is 19.0 Å². The van der Waals surface area contributed by atoms with Crippen LogP contribution in [0.5, 0.6) is 0 Å². The summed E-state index contributed by atoms with van der Waals surface area (Å²) < 4.78 is 0.966. The van der Waals surface area contributed by atoms with Gasteiger partial charge in [-0.15, -0.1) is 0 Å². The lowest BCUT2D eigenvalue weighted by Crippen LogP contribution is -2.38. The zero-order chi connectivity index (χ0) is 17.0. The molecule has 1 saturated heterocycles. The first kappa shape index (κ1) is 17.9. The fourth-order valence-electron chi connectivity index (χ4n) is 3.15. The lowest BCUT2D eigenvalue weighted by atomic mass is 10.0. The molecule has 1 heterocycles. The first-order valence-corrected chi connectivity index (χ1v) is 8.72. The highest BCUT2D eigenvalue weighted by Crippen LogP contribution is 2.26. The van der Waals surface area contributed by atoms with Crippen molar-refractivity contribution in [3.05, 3.63) is 34.3 Å². The zero-order valence-corrected chi connectivity index (χ0v) is 15.2. The normalized spacial score (nSPS) is 22.0. The number of benzene rings is 1. The molecule has 1 aliphatic heterocycles. The highest BCUT2D eigenvalue weighted by Gasteiger charge is 2.32. The number of hydrogen-bond donors (Lipinski definition) is 2. The van der Waals surface area contributed by atoms with Crippen molar-refractivity contribution in [1.29, 1.82) is 0 Å². The van der Waals surface area contributed by atoms with Crippen LogP contribution in [0.3, 0.4) is 0 Å². The van der Waals surface area contributed by atoms with Crippen LogP contribution in [0, 0.1) is 5.92 Å². The van der Waals surface area contributed by atoms with Gasteiger partial charge in [0.2, 0.25) is 11.8 Å². The van der Waals surface area contributed by atoms with Gasteiger partial charge in [-0.1, -0.05) is 28.1 Å². The lowest BCUT2D eigenvalue weighted by molar-refractivity contribution is -0.132. The van der Waals surface area contributed by atoms with E-state index in [1.807, 2.05) is 29.2 Å². The van der Waals surface area contributed by atoms with Crippen LogP contribution in [-0.4, -0.2) is 35.8 Å². The van der Waals surface area contributed by atoms with Gasteiger partial charge in [-0.25, -0.2) is 0 Å². The summed E-state index contributed by atoms with van der Waals surface area (Å²) in [5, 5.41) is 2.88. The molecule has 3 N–H and O–H groups in total. The molecule has 1 aromatic rings. The summed E-state index contributed by atoms with van der Waals surface area (Å²) in [6, 6.07) is 7.58. The molecular weight excluding hydrogens is 358 g/mol. The van der Waals surface area contributed by atoms with Crippen LogP contribution in [0.15, 0.2) is 28.7 Å². The van der Waals surface area contributed by atoms with Crippen molar-refractivity contribution in [2.75, 3.05) is 13.1 Å². The number of likely N-dealkylation sites (tertiary alicyclic amines) is 1. The predicted octanol–water partition coefficient (Wildman–Crippen LogP) is 2.21. The van der Waals surface area contributed by atoms with Gasteiger partial charge in [-0.05, 0) is 43.5 Å². The molecule has 23 heavy (non-hydrogen) atoms. The summed E-state index contributed by atoms with van der Waals surface area (Å²) in [5.41, 5.74) is 6.66. The van der Waals surface area contributed by atoms with Crippen molar-refractivity contribution < 1.29 is 9.59 Å². The highest BCUT2D eigenvalue weighted by atomic mass is 79.9. The molecule has 0 saturated carbocycles. The third-order valence-electron chi connectivity index (χ3n) is 4.34. The number of halogens is 1. The Labute approximate surface area is 145 Å². The molecular formula is C17H24BrN3O2. The Bertz CT molecular complexity index is 561. The highest BCUT2D eigenvalue weighted by molar-refractivity contribution is 9.10. The Morgan fingerprint density at radius 3 is 2.57 bits per heavy atom. The first-order chi connectivity index (χ1) is 10.9. The summed E-state index contributed by atoms with van der Waals surface area (Å²) >= 11 is 3.40. The van der Waals surface area contributed by atoms with Crippen LogP contribution in [0.25, 0.3) is 0 Å². The van der Waals surface area contributed by atoms with Gasteiger partial charge in [0.25, 0.3) is 0 Å². The van der Waals surface area contributed by atoms with Gasteiger partial charge in [0.1, 0.15) is 0 Å². The molecule has 0 radical (unpaired) electrons. The Hall–Kier alpha value is -1.40. The van der Waals surface area contributed by atoms with E-state index in [1.165, 1.54) is 6.92 Å². The number of nitrogens with two attached hydrogens (primary N) is 1. The average Bonchev–Trinajstić information content (AvgIpc) is 2.88. The molecule has 6 heteroatoms. The molecule has 0 bridgehead atoms. The molecule has 0 aromatic heterocycles. The van der Waals surface area contributed by atoms with Gasteiger partial charge in [0.15, 0.2) is 0 Å². The molecule has 3 unspecified atom stereocenters. The molecule has 0 spiro atoms. The summed E-state index contributed by atoms with van der Waals surface area (Å²) in [4.78, 5) is 26.1. The van der Waals surface area contributed by atoms with E-state index >= 15 is 0 Å². The van der Waals surface area contributed by atoms with Gasteiger partial charge in [-0.3, -0.25) is 9.59 Å². The van der Waals surface area contributed by atoms with Gasteiger partial charge >= 0.3 is 0 Å². The van der Waals surface area contributed by atoms with E-state index < -0.39 is 0 Å². The van der Waals surface area contributed by atoms with E-state index in [4.69, 9.17) is 5.73 Å². The Balaban J connectivity index is 2.09. The molecule has 0 aliphatic carbocycles. The third kappa shape index (κ3) is 4.78. The number of hydrogen-bond acceptors (Lipinski definition) is 3. The second kappa shape index (κ2) is 7.93. The number of nitrogens with zero attached hydrogens (tertiary/aromatic N) is 1. The minimum atomic E-state index is -0.308. The van der Waals surface area contributed by atoms with Crippen LogP contribution in [-0.2, 0) is 9.59 Å². The van der Waals surface area contributed by atoms with Crippen molar-refractivity contribution in [3.63, 3.8) is 0 Å². The molecule has 1 aliphatic rings. The first-order valence-electron chi connectivity index (χ1n) is 7.92. The number of amides is 2. The van der Waals surface area contributed by atoms with Crippen LogP contribution in [0.1, 0.15) is 38.3 Å². The quantitative estimate of drug-likeness (QED) is 0.820. The maximum atomic E-state index is 12.7. The summed E-state index contributed by atoms with van der Waals surface area (Å²) in [5.74, 6) is 0.302. The van der Waals surface area contributed by atoms with Crippen LogP contribution in [0.4, 0.5) is 0 Å². The molecule has 1 fully saturated rings. The van der Waals surface area contributed by atoms with Crippen LogP contribution in [0.2, 0.25) is 0 Å². The molecule has 5 nitrogen and oxygen atoms in total. The standard InChI is InChI=1S/C17H24BrN3O2/c1-11-7-13(9-19)10-21(11)17(23)8-16(20-12(2)22)14-3-5-15(18)6-4-14/h3-6,11,13,16H,7-10,19H2,1-2H3,(H,20,22). The van der Waals surface area contributed by atoms with Crippen molar-refractivity contribution in [3.8, 4) is 0 Å². The second-order valence-corrected chi connectivity index (χ2v) is 7.16. The third-order valence-corrected chi connectivity index (χ3v) is 4.87. The van der Waals surface area contributed by atoms with E-state index in [0.717, 1.165) is 16.5 Å². The van der Waals surface area contributed by atoms with Crippen molar-refractivity contribution in [1.82, 2.24) is 10.2 Å². The maximum absolute atomic E-state index is 12.7. The molecule has 126 valence electrons. The summed E-state index contributed by atoms with van der Waals surface area (Å²) in [6.07, 6.45) is 1.22. The Morgan fingerprint density at radius 2 is 2.04 bits per heavy atom. The predicted molar refractivity (Wildman–Crippen MR) is 93.7 cm³/mol. The van der Waals surface area contributed by atoms with Gasteiger partial charge in [0.05, 0.1) is 12.5 Å². The molecule has 3 atom stereocenters. The smallest absolute Gasteiger partial charge is 0.225 e. The minimum absolute atomic E-state index is 0.0649. The second-order valence-electron chi connectivity index (χ2n) is 6.24. The number of nitrogens with one attached hydrogen (secondary N) is 1. The molecule has 2 amide bonds. The van der Waals surface area contributed by atoms with Gasteiger partial charge in [0, 0.05) is 24.0 Å². The fourth-order valence-corrected chi connectivity index (χ4v) is 3.41. The van der Waals surface area contributed by atoms with Gasteiger partial charge < -0.3 is 16.0 Å². The van der Waals surface area contributed by atoms with E-state index in [2.05, 4.69) is 28.2 Å². The minimum Gasteiger partial charge on any atom is -0.349 e. The van der Waals surface area contributed by atoms with Crippen LogP contribution < -0.4 is 11.1 Å². The van der Waals surface area contributed by atoms with Crippen LogP contribution >= 0.6 is 15.9 Å². The Kier molecular flexibility index (Phi) is 6.18. The largest absolute Gasteiger partial charge is 0.349 e. The number of rotatable bonds is 5. The SMILES string of the molecule is CC(=O)NC(CC(=O)N1CC(CN)CC1C)c1ccc(Br)cc1. The molecule has 2 rings (SSSR count). The monoisotopic (exact) mass is 381 g/mol. The Morgan fingerprint density at radius 1 is 1.39 bits per heavy atom. The van der Waals surface area contributed by atoms with Crippen molar-refractivity contribution >= 4 is 27.7 Å². The lowest BCUT2D eigenvalue weighted by Gasteiger charge is -2.25. The van der Waals surface area contributed by atoms with Gasteiger partial charge in [-0.2, -0.15) is 0 Å². The average molecular weight is 382 g/mol. The number of carbonyl (C=O) groups excluding carboxylic acids is 2.